The molecule has 0 aliphatic carbocycles. The summed E-state index contributed by atoms with van der Waals surface area (Å²) in [4.78, 5) is 0. The van der Waals surface area contributed by atoms with Crippen LogP contribution in [0.3, 0.4) is 0 Å². The maximum absolute atomic E-state index is 12.1. The zero-order chi connectivity index (χ0) is 16.2. The maximum Gasteiger partial charge on any atom is 0.250 e. The smallest absolute Gasteiger partial charge is 0.250 e. The van der Waals surface area contributed by atoms with Gasteiger partial charge in [-0.3, -0.25) is 0 Å². The number of benzene rings is 1. The molecule has 0 bridgehead atoms. The fourth-order valence-corrected chi connectivity index (χ4v) is 4.33. The van der Waals surface area contributed by atoms with Gasteiger partial charge in [-0.15, -0.1) is 11.3 Å². The average Bonchev–Trinajstić information content (AvgIpc) is 2.94. The van der Waals surface area contributed by atoms with Crippen molar-refractivity contribution in [1.29, 1.82) is 0 Å². The van der Waals surface area contributed by atoms with Gasteiger partial charge in [-0.05, 0) is 36.8 Å². The quantitative estimate of drug-likeness (QED) is 0.821. The molecule has 0 saturated carbocycles. The summed E-state index contributed by atoms with van der Waals surface area (Å²) in [6.07, 6.45) is 0. The highest BCUT2D eigenvalue weighted by Crippen LogP contribution is 2.29. The van der Waals surface area contributed by atoms with Gasteiger partial charge in [-0.25, -0.2) is 13.1 Å². The van der Waals surface area contributed by atoms with Crippen molar-refractivity contribution in [2.45, 2.75) is 17.7 Å². The first-order chi connectivity index (χ1) is 10.5. The Balaban J connectivity index is 2.11. The van der Waals surface area contributed by atoms with Gasteiger partial charge in [0.1, 0.15) is 4.21 Å². The SMILES string of the molecule is CCOc1ccc(CNS(=O)(=O)c2ccc(Cl)s2)cc1OC. The van der Waals surface area contributed by atoms with E-state index < -0.39 is 10.0 Å². The number of sulfonamides is 1. The summed E-state index contributed by atoms with van der Waals surface area (Å²) in [6, 6.07) is 8.33. The first kappa shape index (κ1) is 17.1. The number of thiophene rings is 1. The van der Waals surface area contributed by atoms with E-state index in [0.29, 0.717) is 22.4 Å². The Morgan fingerprint density at radius 2 is 2.00 bits per heavy atom. The number of hydrogen-bond donors (Lipinski definition) is 1. The second kappa shape index (κ2) is 7.32. The molecule has 0 spiro atoms. The Morgan fingerprint density at radius 1 is 1.23 bits per heavy atom. The van der Waals surface area contributed by atoms with Crippen LogP contribution in [0.5, 0.6) is 11.5 Å². The van der Waals surface area contributed by atoms with Crippen LogP contribution in [0.2, 0.25) is 4.34 Å². The van der Waals surface area contributed by atoms with Gasteiger partial charge in [0.15, 0.2) is 11.5 Å². The van der Waals surface area contributed by atoms with E-state index in [2.05, 4.69) is 4.72 Å². The highest BCUT2D eigenvalue weighted by Gasteiger charge is 2.16. The molecular weight excluding hydrogens is 346 g/mol. The molecule has 120 valence electrons. The minimum atomic E-state index is -3.57. The van der Waals surface area contributed by atoms with E-state index in [4.69, 9.17) is 21.1 Å². The highest BCUT2D eigenvalue weighted by molar-refractivity contribution is 7.91. The van der Waals surface area contributed by atoms with Gasteiger partial charge in [0.2, 0.25) is 10.0 Å². The van der Waals surface area contributed by atoms with E-state index >= 15 is 0 Å². The molecule has 0 unspecified atom stereocenters. The van der Waals surface area contributed by atoms with E-state index in [0.717, 1.165) is 16.9 Å². The molecule has 0 radical (unpaired) electrons. The number of hydrogen-bond acceptors (Lipinski definition) is 5. The minimum absolute atomic E-state index is 0.153. The summed E-state index contributed by atoms with van der Waals surface area (Å²) < 4.78 is 38.1. The standard InChI is InChI=1S/C14H16ClNO4S2/c1-3-20-11-5-4-10(8-12(11)19-2)9-16-22(17,18)14-7-6-13(15)21-14/h4-8,16H,3,9H2,1-2H3. The monoisotopic (exact) mass is 361 g/mol. The van der Waals surface area contributed by atoms with Crippen molar-refractivity contribution in [2.75, 3.05) is 13.7 Å². The Bertz CT molecular complexity index is 743. The zero-order valence-electron chi connectivity index (χ0n) is 12.1. The molecule has 0 saturated heterocycles. The van der Waals surface area contributed by atoms with Gasteiger partial charge in [0.25, 0.3) is 0 Å². The Kier molecular flexibility index (Phi) is 5.69. The third-order valence-corrected chi connectivity index (χ3v) is 5.93. The maximum atomic E-state index is 12.1. The van der Waals surface area contributed by atoms with Crippen LogP contribution in [0.25, 0.3) is 0 Å². The molecule has 2 aromatic rings. The molecule has 0 atom stereocenters. The van der Waals surface area contributed by atoms with E-state index in [9.17, 15) is 8.42 Å². The Hall–Kier alpha value is -1.28. The summed E-state index contributed by atoms with van der Waals surface area (Å²) in [6.45, 7) is 2.57. The fraction of sp³-hybridized carbons (Fsp3) is 0.286. The largest absolute Gasteiger partial charge is 0.493 e. The zero-order valence-corrected chi connectivity index (χ0v) is 14.5. The van der Waals surface area contributed by atoms with E-state index in [-0.39, 0.29) is 10.8 Å². The molecule has 8 heteroatoms. The third-order valence-electron chi connectivity index (χ3n) is 2.81. The average molecular weight is 362 g/mol. The van der Waals surface area contributed by atoms with Crippen molar-refractivity contribution in [2.24, 2.45) is 0 Å². The van der Waals surface area contributed by atoms with Crippen molar-refractivity contribution in [3.8, 4) is 11.5 Å². The van der Waals surface area contributed by atoms with Crippen LogP contribution in [0, 0.1) is 0 Å². The lowest BCUT2D eigenvalue weighted by atomic mass is 10.2. The predicted octanol–water partition coefficient (Wildman–Crippen LogP) is 3.29. The molecule has 0 amide bonds. The van der Waals surface area contributed by atoms with Crippen LogP contribution in [-0.2, 0) is 16.6 Å². The molecule has 0 fully saturated rings. The van der Waals surface area contributed by atoms with Gasteiger partial charge in [-0.2, -0.15) is 0 Å². The lowest BCUT2D eigenvalue weighted by Crippen LogP contribution is -2.22. The summed E-state index contributed by atoms with van der Waals surface area (Å²) in [5.41, 5.74) is 0.770. The Labute approximate surface area is 138 Å². The molecule has 1 aromatic heterocycles. The predicted molar refractivity (Wildman–Crippen MR) is 87.5 cm³/mol. The lowest BCUT2D eigenvalue weighted by molar-refractivity contribution is 0.310. The summed E-state index contributed by atoms with van der Waals surface area (Å²) in [5.74, 6) is 1.19. The molecular formula is C14H16ClNO4S2. The van der Waals surface area contributed by atoms with Crippen LogP contribution >= 0.6 is 22.9 Å². The summed E-state index contributed by atoms with van der Waals surface area (Å²) in [5, 5.41) is 0. The lowest BCUT2D eigenvalue weighted by Gasteiger charge is -2.11. The van der Waals surface area contributed by atoms with Crippen molar-refractivity contribution in [1.82, 2.24) is 4.72 Å². The normalized spacial score (nSPS) is 11.4. The molecule has 1 aromatic carbocycles. The van der Waals surface area contributed by atoms with Crippen molar-refractivity contribution < 1.29 is 17.9 Å². The van der Waals surface area contributed by atoms with Crippen LogP contribution < -0.4 is 14.2 Å². The van der Waals surface area contributed by atoms with Crippen LogP contribution in [0.4, 0.5) is 0 Å². The molecule has 0 aliphatic rings. The van der Waals surface area contributed by atoms with Crippen LogP contribution in [-0.4, -0.2) is 22.1 Å². The topological polar surface area (TPSA) is 64.6 Å². The van der Waals surface area contributed by atoms with E-state index in [1.165, 1.54) is 6.07 Å². The molecule has 5 nitrogen and oxygen atoms in total. The molecule has 2 rings (SSSR count). The third kappa shape index (κ3) is 4.13. The molecule has 0 aliphatic heterocycles. The van der Waals surface area contributed by atoms with E-state index in [1.54, 1.807) is 31.4 Å². The number of rotatable bonds is 7. The second-order valence-electron chi connectivity index (χ2n) is 4.30. The number of nitrogens with one attached hydrogen (secondary N) is 1. The summed E-state index contributed by atoms with van der Waals surface area (Å²) >= 11 is 6.78. The molecule has 22 heavy (non-hydrogen) atoms. The highest BCUT2D eigenvalue weighted by atomic mass is 35.5. The Morgan fingerprint density at radius 3 is 2.59 bits per heavy atom. The van der Waals surface area contributed by atoms with Crippen molar-refractivity contribution >= 4 is 33.0 Å². The number of methoxy groups -OCH3 is 1. The van der Waals surface area contributed by atoms with Gasteiger partial charge in [0, 0.05) is 6.54 Å². The molecule has 1 N–H and O–H groups in total. The van der Waals surface area contributed by atoms with Gasteiger partial charge >= 0.3 is 0 Å². The van der Waals surface area contributed by atoms with Crippen LogP contribution in [0.1, 0.15) is 12.5 Å². The molecule has 1 heterocycles. The van der Waals surface area contributed by atoms with Crippen molar-refractivity contribution in [3.63, 3.8) is 0 Å². The first-order valence-corrected chi connectivity index (χ1v) is 9.18. The minimum Gasteiger partial charge on any atom is -0.493 e. The van der Waals surface area contributed by atoms with Crippen LogP contribution in [0.15, 0.2) is 34.5 Å². The fourth-order valence-electron chi connectivity index (χ4n) is 1.79. The van der Waals surface area contributed by atoms with Gasteiger partial charge in [0.05, 0.1) is 18.1 Å². The van der Waals surface area contributed by atoms with E-state index in [1.807, 2.05) is 6.92 Å². The van der Waals surface area contributed by atoms with Crippen molar-refractivity contribution in [3.05, 3.63) is 40.2 Å². The number of halogens is 1. The van der Waals surface area contributed by atoms with Gasteiger partial charge in [-0.1, -0.05) is 17.7 Å². The van der Waals surface area contributed by atoms with Gasteiger partial charge < -0.3 is 9.47 Å². The first-order valence-electron chi connectivity index (χ1n) is 6.51. The second-order valence-corrected chi connectivity index (χ2v) is 8.01. The number of ether oxygens (including phenoxy) is 2. The summed E-state index contributed by atoms with van der Waals surface area (Å²) in [7, 11) is -2.02.